The molecule has 27 heavy (non-hydrogen) atoms. The molecule has 1 aliphatic carbocycles. The first kappa shape index (κ1) is 17.6. The van der Waals surface area contributed by atoms with Crippen LogP contribution in [0.4, 0.5) is 0 Å². The van der Waals surface area contributed by atoms with Gasteiger partial charge in [-0.25, -0.2) is 0 Å². The molecule has 2 aromatic carbocycles. The summed E-state index contributed by atoms with van der Waals surface area (Å²) in [7, 11) is 1.62. The van der Waals surface area contributed by atoms with Crippen molar-refractivity contribution < 1.29 is 14.3 Å². The van der Waals surface area contributed by atoms with Gasteiger partial charge in [-0.3, -0.25) is 9.59 Å². The number of nitrogens with one attached hydrogen (secondary N) is 1. The monoisotopic (exact) mass is 364 g/mol. The molecule has 1 saturated heterocycles. The van der Waals surface area contributed by atoms with Gasteiger partial charge in [-0.1, -0.05) is 36.4 Å². The van der Waals surface area contributed by atoms with E-state index in [9.17, 15) is 9.59 Å². The number of hydrogen-bond acceptors (Lipinski definition) is 3. The molecule has 0 aromatic heterocycles. The number of ether oxygens (including phenoxy) is 1. The first-order valence-corrected chi connectivity index (χ1v) is 9.43. The molecular formula is C22H24N2O3. The predicted molar refractivity (Wildman–Crippen MR) is 103 cm³/mol. The summed E-state index contributed by atoms with van der Waals surface area (Å²) in [5, 5.41) is 3.14. The molecule has 0 radical (unpaired) electrons. The number of fused-ring (bicyclic) bond motifs is 2. The lowest BCUT2D eigenvalue weighted by atomic mass is 10.0. The zero-order chi connectivity index (χ0) is 18.8. The Morgan fingerprint density at radius 1 is 1.07 bits per heavy atom. The highest BCUT2D eigenvalue weighted by Crippen LogP contribution is 2.38. The number of carbonyl (C=O) groups excluding carboxylic acids is 2. The summed E-state index contributed by atoms with van der Waals surface area (Å²) >= 11 is 0. The minimum atomic E-state index is -0.0646. The van der Waals surface area contributed by atoms with Gasteiger partial charge in [-0.15, -0.1) is 0 Å². The highest BCUT2D eigenvalue weighted by Gasteiger charge is 2.47. The average molecular weight is 364 g/mol. The molecule has 1 N–H and O–H groups in total. The van der Waals surface area contributed by atoms with E-state index in [0.717, 1.165) is 30.7 Å². The molecule has 2 fully saturated rings. The first-order valence-electron chi connectivity index (χ1n) is 9.43. The summed E-state index contributed by atoms with van der Waals surface area (Å²) in [6.45, 7) is 0.788. The molecule has 2 bridgehead atoms. The molecule has 5 heteroatoms. The second kappa shape index (κ2) is 7.43. The average Bonchev–Trinajstić information content (AvgIpc) is 3.29. The van der Waals surface area contributed by atoms with Crippen molar-refractivity contribution in [2.45, 2.75) is 31.3 Å². The number of nitrogens with zero attached hydrogens (tertiary/aromatic N) is 1. The molecule has 5 nitrogen and oxygen atoms in total. The Morgan fingerprint density at radius 2 is 1.81 bits per heavy atom. The third-order valence-corrected chi connectivity index (χ3v) is 5.69. The number of benzene rings is 2. The molecule has 1 aliphatic heterocycles. The van der Waals surface area contributed by atoms with Gasteiger partial charge in [0.2, 0.25) is 5.91 Å². The normalized spacial score (nSPS) is 23.3. The number of para-hydroxylation sites is 1. The van der Waals surface area contributed by atoms with Gasteiger partial charge in [0.15, 0.2) is 0 Å². The van der Waals surface area contributed by atoms with Crippen molar-refractivity contribution >= 4 is 11.8 Å². The third-order valence-electron chi connectivity index (χ3n) is 5.69. The van der Waals surface area contributed by atoms with E-state index < -0.39 is 0 Å². The summed E-state index contributed by atoms with van der Waals surface area (Å²) in [6, 6.07) is 17.0. The van der Waals surface area contributed by atoms with Crippen LogP contribution in [0.1, 0.15) is 28.8 Å². The fraction of sp³-hybridized carbons (Fsp3) is 0.364. The Morgan fingerprint density at radius 3 is 2.56 bits per heavy atom. The summed E-state index contributed by atoms with van der Waals surface area (Å²) in [4.78, 5) is 27.4. The van der Waals surface area contributed by atoms with E-state index in [4.69, 9.17) is 4.74 Å². The van der Waals surface area contributed by atoms with E-state index in [-0.39, 0.29) is 23.9 Å². The van der Waals surface area contributed by atoms with E-state index in [0.29, 0.717) is 17.9 Å². The zero-order valence-corrected chi connectivity index (χ0v) is 15.4. The van der Waals surface area contributed by atoms with Crippen molar-refractivity contribution in [2.75, 3.05) is 13.7 Å². The highest BCUT2D eigenvalue weighted by atomic mass is 16.5. The van der Waals surface area contributed by atoms with Crippen LogP contribution in [0.25, 0.3) is 0 Å². The third kappa shape index (κ3) is 3.54. The second-order valence-electron chi connectivity index (χ2n) is 7.39. The van der Waals surface area contributed by atoms with E-state index in [1.807, 2.05) is 59.5 Å². The van der Waals surface area contributed by atoms with Crippen LogP contribution >= 0.6 is 0 Å². The number of rotatable bonds is 5. The SMILES string of the molecule is COc1ccccc1CC(=O)N1C[C@@H]2C[C@H](NC(=O)c3ccccc3)[C@H]1C2. The molecular weight excluding hydrogens is 340 g/mol. The smallest absolute Gasteiger partial charge is 0.251 e. The zero-order valence-electron chi connectivity index (χ0n) is 15.4. The van der Waals surface area contributed by atoms with Gasteiger partial charge in [0.1, 0.15) is 5.75 Å². The maximum absolute atomic E-state index is 12.9. The van der Waals surface area contributed by atoms with Gasteiger partial charge < -0.3 is 15.0 Å². The van der Waals surface area contributed by atoms with Crippen LogP contribution in [0, 0.1) is 5.92 Å². The van der Waals surface area contributed by atoms with Crippen LogP contribution in [-0.4, -0.2) is 42.5 Å². The lowest BCUT2D eigenvalue weighted by molar-refractivity contribution is -0.132. The predicted octanol–water partition coefficient (Wildman–Crippen LogP) is 2.66. The minimum Gasteiger partial charge on any atom is -0.496 e. The Balaban J connectivity index is 1.43. The lowest BCUT2D eigenvalue weighted by Gasteiger charge is -2.34. The Bertz CT molecular complexity index is 836. The van der Waals surface area contributed by atoms with Crippen molar-refractivity contribution in [2.24, 2.45) is 5.92 Å². The van der Waals surface area contributed by atoms with Crippen molar-refractivity contribution in [3.8, 4) is 5.75 Å². The maximum Gasteiger partial charge on any atom is 0.251 e. The Labute approximate surface area is 159 Å². The second-order valence-corrected chi connectivity index (χ2v) is 7.39. The first-order chi connectivity index (χ1) is 13.2. The van der Waals surface area contributed by atoms with E-state index in [1.165, 1.54) is 0 Å². The molecule has 1 saturated carbocycles. The maximum atomic E-state index is 12.9. The fourth-order valence-corrected chi connectivity index (χ4v) is 4.42. The quantitative estimate of drug-likeness (QED) is 0.887. The van der Waals surface area contributed by atoms with Gasteiger partial charge in [-0.05, 0) is 37.0 Å². The minimum absolute atomic E-state index is 0.0260. The lowest BCUT2D eigenvalue weighted by Crippen LogP contribution is -2.52. The molecule has 1 heterocycles. The summed E-state index contributed by atoms with van der Waals surface area (Å²) in [5.41, 5.74) is 1.56. The molecule has 2 aromatic rings. The summed E-state index contributed by atoms with van der Waals surface area (Å²) < 4.78 is 5.37. The highest BCUT2D eigenvalue weighted by molar-refractivity contribution is 5.94. The van der Waals surface area contributed by atoms with Gasteiger partial charge in [0.25, 0.3) is 5.91 Å². The van der Waals surface area contributed by atoms with Gasteiger partial charge >= 0.3 is 0 Å². The van der Waals surface area contributed by atoms with Crippen LogP contribution in [0.15, 0.2) is 54.6 Å². The van der Waals surface area contributed by atoms with E-state index in [1.54, 1.807) is 7.11 Å². The fourth-order valence-electron chi connectivity index (χ4n) is 4.42. The number of amides is 2. The molecule has 0 spiro atoms. The van der Waals surface area contributed by atoms with Crippen LogP contribution in [0.3, 0.4) is 0 Å². The number of piperidine rings is 1. The van der Waals surface area contributed by atoms with Gasteiger partial charge in [-0.2, -0.15) is 0 Å². The molecule has 3 atom stereocenters. The largest absolute Gasteiger partial charge is 0.496 e. The van der Waals surface area contributed by atoms with Gasteiger partial charge in [0.05, 0.1) is 19.6 Å². The van der Waals surface area contributed by atoms with Crippen molar-refractivity contribution in [3.05, 3.63) is 65.7 Å². The standard InChI is InChI=1S/C22H24N2O3/c1-27-20-10-6-5-9-17(20)13-21(25)24-14-15-11-18(19(24)12-15)23-22(26)16-7-3-2-4-8-16/h2-10,15,18-19H,11-14H2,1H3,(H,23,26)/t15-,18+,19-/m1/s1. The number of hydrogen-bond donors (Lipinski definition) is 1. The molecule has 140 valence electrons. The Kier molecular flexibility index (Phi) is 4.84. The topological polar surface area (TPSA) is 58.6 Å². The molecule has 2 amide bonds. The number of likely N-dealkylation sites (tertiary alicyclic amines) is 1. The van der Waals surface area contributed by atoms with Gasteiger partial charge in [0, 0.05) is 23.7 Å². The number of carbonyl (C=O) groups is 2. The summed E-state index contributed by atoms with van der Waals surface area (Å²) in [6.07, 6.45) is 2.24. The van der Waals surface area contributed by atoms with Crippen LogP contribution in [0.5, 0.6) is 5.75 Å². The molecule has 4 rings (SSSR count). The van der Waals surface area contributed by atoms with E-state index >= 15 is 0 Å². The van der Waals surface area contributed by atoms with Crippen LogP contribution in [-0.2, 0) is 11.2 Å². The summed E-state index contributed by atoms with van der Waals surface area (Å²) in [5.74, 6) is 1.25. The van der Waals surface area contributed by atoms with Crippen molar-refractivity contribution in [1.29, 1.82) is 0 Å². The van der Waals surface area contributed by atoms with Crippen LogP contribution in [0.2, 0.25) is 0 Å². The van der Waals surface area contributed by atoms with E-state index in [2.05, 4.69) is 5.32 Å². The van der Waals surface area contributed by atoms with Crippen molar-refractivity contribution in [3.63, 3.8) is 0 Å². The molecule has 2 aliphatic rings. The van der Waals surface area contributed by atoms with Crippen molar-refractivity contribution in [1.82, 2.24) is 10.2 Å². The Hall–Kier alpha value is -2.82. The molecule has 0 unspecified atom stereocenters. The van der Waals surface area contributed by atoms with Crippen LogP contribution < -0.4 is 10.1 Å². The number of methoxy groups -OCH3 is 1.